The second kappa shape index (κ2) is 3.38. The van der Waals surface area contributed by atoms with Crippen molar-refractivity contribution >= 4 is 12.6 Å². The molecule has 1 heteroatoms. The van der Waals surface area contributed by atoms with Crippen molar-refractivity contribution in [2.45, 2.75) is 44.9 Å². The maximum atomic E-state index is 4.57. The van der Waals surface area contributed by atoms with Crippen molar-refractivity contribution in [3.63, 3.8) is 0 Å². The van der Waals surface area contributed by atoms with Crippen LogP contribution in [0.25, 0.3) is 0 Å². The summed E-state index contributed by atoms with van der Waals surface area (Å²) in [6.45, 7) is 11.0. The lowest BCUT2D eigenvalue weighted by Crippen LogP contribution is -2.14. The van der Waals surface area contributed by atoms with Crippen LogP contribution < -0.4 is 0 Å². The van der Waals surface area contributed by atoms with E-state index in [-0.39, 0.29) is 5.41 Å². The average Bonchev–Trinajstić information content (AvgIpc) is 1.95. The number of rotatable bonds is 0. The van der Waals surface area contributed by atoms with Gasteiger partial charge in [0, 0.05) is 4.90 Å². The molecule has 0 saturated heterocycles. The highest BCUT2D eigenvalue weighted by Crippen LogP contribution is 2.32. The molecule has 0 unspecified atom stereocenters. The van der Waals surface area contributed by atoms with Crippen LogP contribution in [-0.4, -0.2) is 0 Å². The van der Waals surface area contributed by atoms with Gasteiger partial charge in [-0.05, 0) is 36.0 Å². The monoisotopic (exact) mass is 194 g/mol. The van der Waals surface area contributed by atoms with Crippen LogP contribution in [0.4, 0.5) is 0 Å². The van der Waals surface area contributed by atoms with E-state index < -0.39 is 0 Å². The third-order valence-corrected chi connectivity index (χ3v) is 2.91. The van der Waals surface area contributed by atoms with E-state index in [0.717, 1.165) is 4.90 Å². The first-order chi connectivity index (χ1) is 5.84. The Morgan fingerprint density at radius 3 is 1.85 bits per heavy atom. The molecule has 13 heavy (non-hydrogen) atoms. The van der Waals surface area contributed by atoms with E-state index in [1.54, 1.807) is 0 Å². The van der Waals surface area contributed by atoms with Crippen LogP contribution in [0.1, 0.15) is 37.5 Å². The van der Waals surface area contributed by atoms with Crippen LogP contribution >= 0.6 is 12.6 Å². The minimum atomic E-state index is 0.188. The molecule has 0 aromatic heterocycles. The van der Waals surface area contributed by atoms with Gasteiger partial charge < -0.3 is 0 Å². The highest BCUT2D eigenvalue weighted by atomic mass is 32.1. The summed E-state index contributed by atoms with van der Waals surface area (Å²) >= 11 is 4.57. The summed E-state index contributed by atoms with van der Waals surface area (Å²) in [5.41, 5.74) is 4.16. The van der Waals surface area contributed by atoms with E-state index in [0.29, 0.717) is 0 Å². The number of benzene rings is 1. The zero-order valence-electron chi connectivity index (χ0n) is 9.10. The average molecular weight is 194 g/mol. The topological polar surface area (TPSA) is 0 Å². The number of aryl methyl sites for hydroxylation is 2. The third-order valence-electron chi connectivity index (χ3n) is 2.34. The van der Waals surface area contributed by atoms with Crippen molar-refractivity contribution in [2.75, 3.05) is 0 Å². The minimum absolute atomic E-state index is 0.188. The van der Waals surface area contributed by atoms with Crippen molar-refractivity contribution in [1.29, 1.82) is 0 Å². The lowest BCUT2D eigenvalue weighted by molar-refractivity contribution is 0.572. The molecule has 1 aromatic rings. The first-order valence-electron chi connectivity index (χ1n) is 4.63. The molecule has 0 atom stereocenters. The van der Waals surface area contributed by atoms with Crippen LogP contribution in [0.2, 0.25) is 0 Å². The molecule has 0 fully saturated rings. The molecular formula is C12H18S. The lowest BCUT2D eigenvalue weighted by Gasteiger charge is -2.24. The second-order valence-electron chi connectivity index (χ2n) is 4.67. The second-order valence-corrected chi connectivity index (χ2v) is 5.12. The molecule has 1 rings (SSSR count). The van der Waals surface area contributed by atoms with Gasteiger partial charge in [0.05, 0.1) is 0 Å². The summed E-state index contributed by atoms with van der Waals surface area (Å²) in [5.74, 6) is 0. The quantitative estimate of drug-likeness (QED) is 0.595. The molecule has 0 amide bonds. The predicted molar refractivity (Wildman–Crippen MR) is 61.9 cm³/mol. The maximum absolute atomic E-state index is 4.57. The first kappa shape index (κ1) is 10.6. The van der Waals surface area contributed by atoms with E-state index in [1.165, 1.54) is 16.7 Å². The Balaban J connectivity index is 3.43. The van der Waals surface area contributed by atoms with Gasteiger partial charge >= 0.3 is 0 Å². The Morgan fingerprint density at radius 2 is 1.46 bits per heavy atom. The Morgan fingerprint density at radius 1 is 1.00 bits per heavy atom. The van der Waals surface area contributed by atoms with Gasteiger partial charge in [-0.2, -0.15) is 0 Å². The highest BCUT2D eigenvalue weighted by Gasteiger charge is 2.19. The summed E-state index contributed by atoms with van der Waals surface area (Å²) in [6.07, 6.45) is 0. The smallest absolute Gasteiger partial charge is 0.0109 e. The van der Waals surface area contributed by atoms with Crippen LogP contribution in [0.5, 0.6) is 0 Å². The number of hydrogen-bond donors (Lipinski definition) is 1. The van der Waals surface area contributed by atoms with Gasteiger partial charge in [0.2, 0.25) is 0 Å². The normalized spacial score (nSPS) is 11.8. The molecule has 0 saturated carbocycles. The van der Waals surface area contributed by atoms with E-state index in [4.69, 9.17) is 0 Å². The van der Waals surface area contributed by atoms with Crippen molar-refractivity contribution in [1.82, 2.24) is 0 Å². The molecule has 0 bridgehead atoms. The van der Waals surface area contributed by atoms with Crippen LogP contribution in [-0.2, 0) is 5.41 Å². The van der Waals surface area contributed by atoms with Gasteiger partial charge in [-0.25, -0.2) is 0 Å². The SMILES string of the molecule is Cc1ccc(C)c(C(C)(C)C)c1S. The fraction of sp³-hybridized carbons (Fsp3) is 0.500. The van der Waals surface area contributed by atoms with Crippen molar-refractivity contribution in [2.24, 2.45) is 0 Å². The zero-order chi connectivity index (χ0) is 10.2. The Kier molecular flexibility index (Phi) is 2.76. The molecule has 0 spiro atoms. The largest absolute Gasteiger partial charge is 0.143 e. The highest BCUT2D eigenvalue weighted by molar-refractivity contribution is 7.80. The van der Waals surface area contributed by atoms with Gasteiger partial charge in [-0.3, -0.25) is 0 Å². The molecule has 72 valence electrons. The Labute approximate surface area is 86.8 Å². The molecule has 0 aliphatic heterocycles. The summed E-state index contributed by atoms with van der Waals surface area (Å²) in [6, 6.07) is 4.31. The third kappa shape index (κ3) is 2.08. The Hall–Kier alpha value is -0.430. The van der Waals surface area contributed by atoms with Gasteiger partial charge in [0.1, 0.15) is 0 Å². The van der Waals surface area contributed by atoms with Gasteiger partial charge in [-0.15, -0.1) is 12.6 Å². The lowest BCUT2D eigenvalue weighted by atomic mass is 9.83. The molecule has 0 N–H and O–H groups in total. The molecule has 0 radical (unpaired) electrons. The van der Waals surface area contributed by atoms with E-state index >= 15 is 0 Å². The van der Waals surface area contributed by atoms with Crippen LogP contribution in [0, 0.1) is 13.8 Å². The predicted octanol–water partition coefficient (Wildman–Crippen LogP) is 3.89. The van der Waals surface area contributed by atoms with E-state index in [2.05, 4.69) is 59.4 Å². The minimum Gasteiger partial charge on any atom is -0.143 e. The van der Waals surface area contributed by atoms with Crippen molar-refractivity contribution in [3.05, 3.63) is 28.8 Å². The summed E-state index contributed by atoms with van der Waals surface area (Å²) in [5, 5.41) is 0. The first-order valence-corrected chi connectivity index (χ1v) is 5.08. The fourth-order valence-corrected chi connectivity index (χ4v) is 2.33. The fourth-order valence-electron chi connectivity index (χ4n) is 1.74. The van der Waals surface area contributed by atoms with Crippen LogP contribution in [0.15, 0.2) is 17.0 Å². The van der Waals surface area contributed by atoms with Crippen molar-refractivity contribution < 1.29 is 0 Å². The molecular weight excluding hydrogens is 176 g/mol. The number of thiol groups is 1. The van der Waals surface area contributed by atoms with E-state index in [1.807, 2.05) is 0 Å². The molecule has 0 aliphatic carbocycles. The van der Waals surface area contributed by atoms with Gasteiger partial charge in [-0.1, -0.05) is 32.9 Å². The molecule has 0 aliphatic rings. The van der Waals surface area contributed by atoms with E-state index in [9.17, 15) is 0 Å². The number of hydrogen-bond acceptors (Lipinski definition) is 1. The standard InChI is InChI=1S/C12H18S/c1-8-6-7-9(2)11(13)10(8)12(3,4)5/h6-7,13H,1-5H3. The summed E-state index contributed by atoms with van der Waals surface area (Å²) < 4.78 is 0. The summed E-state index contributed by atoms with van der Waals surface area (Å²) in [4.78, 5) is 1.15. The summed E-state index contributed by atoms with van der Waals surface area (Å²) in [7, 11) is 0. The maximum Gasteiger partial charge on any atom is 0.0109 e. The molecule has 0 nitrogen and oxygen atoms in total. The van der Waals surface area contributed by atoms with Gasteiger partial charge in [0.25, 0.3) is 0 Å². The Bertz CT molecular complexity index is 319. The zero-order valence-corrected chi connectivity index (χ0v) is 10.00. The van der Waals surface area contributed by atoms with Crippen LogP contribution in [0.3, 0.4) is 0 Å². The van der Waals surface area contributed by atoms with Crippen molar-refractivity contribution in [3.8, 4) is 0 Å². The molecule has 0 heterocycles. The molecule has 1 aromatic carbocycles. The van der Waals surface area contributed by atoms with Gasteiger partial charge in [0.15, 0.2) is 0 Å².